The number of aromatic nitrogens is 2. The molecule has 2 aromatic carbocycles. The minimum atomic E-state index is -3.85. The van der Waals surface area contributed by atoms with Gasteiger partial charge in [0.05, 0.1) is 16.3 Å². The Morgan fingerprint density at radius 2 is 1.62 bits per heavy atom. The maximum Gasteiger partial charge on any atom is 0.282 e. The van der Waals surface area contributed by atoms with Crippen LogP contribution >= 0.6 is 0 Å². The van der Waals surface area contributed by atoms with E-state index in [0.717, 1.165) is 22.4 Å². The van der Waals surface area contributed by atoms with E-state index in [-0.39, 0.29) is 4.90 Å². The number of aromatic amines is 2. The monoisotopic (exact) mass is 403 g/mol. The van der Waals surface area contributed by atoms with Gasteiger partial charge in [0.15, 0.2) is 0 Å². The van der Waals surface area contributed by atoms with E-state index < -0.39 is 10.0 Å². The molecule has 146 valence electrons. The van der Waals surface area contributed by atoms with Crippen LogP contribution in [0.5, 0.6) is 0 Å². The molecule has 0 aliphatic carbocycles. The first-order chi connectivity index (χ1) is 14.0. The summed E-state index contributed by atoms with van der Waals surface area (Å²) in [5, 5.41) is 0. The smallest absolute Gasteiger partial charge is 0.282 e. The fourth-order valence-electron chi connectivity index (χ4n) is 3.19. The van der Waals surface area contributed by atoms with Crippen LogP contribution in [0.4, 0.5) is 0 Å². The van der Waals surface area contributed by atoms with Crippen LogP contribution in [0.2, 0.25) is 0 Å². The first-order valence-corrected chi connectivity index (χ1v) is 10.7. The molecule has 2 heterocycles. The number of nitrogens with zero attached hydrogens (tertiary/aromatic N) is 1. The van der Waals surface area contributed by atoms with E-state index >= 15 is 0 Å². The molecule has 0 bridgehead atoms. The van der Waals surface area contributed by atoms with Crippen molar-refractivity contribution in [2.75, 3.05) is 0 Å². The Hall–Kier alpha value is -3.38. The van der Waals surface area contributed by atoms with Crippen LogP contribution in [0.3, 0.4) is 0 Å². The van der Waals surface area contributed by atoms with Crippen molar-refractivity contribution in [3.8, 4) is 11.3 Å². The van der Waals surface area contributed by atoms with Crippen LogP contribution < -0.4 is 0 Å². The zero-order valence-corrected chi connectivity index (χ0v) is 16.8. The van der Waals surface area contributed by atoms with Crippen LogP contribution in [0.1, 0.15) is 16.8 Å². The van der Waals surface area contributed by atoms with Crippen LogP contribution in [0.15, 0.2) is 94.5 Å². The molecule has 6 heteroatoms. The third kappa shape index (κ3) is 4.22. The van der Waals surface area contributed by atoms with Gasteiger partial charge in [0.2, 0.25) is 0 Å². The van der Waals surface area contributed by atoms with Crippen LogP contribution in [-0.2, 0) is 16.4 Å². The van der Waals surface area contributed by atoms with E-state index in [0.29, 0.717) is 17.8 Å². The van der Waals surface area contributed by atoms with Gasteiger partial charge in [-0.15, -0.1) is 0 Å². The molecule has 0 unspecified atom stereocenters. The Labute approximate surface area is 170 Å². The lowest BCUT2D eigenvalue weighted by molar-refractivity contribution is 0.598. The van der Waals surface area contributed by atoms with E-state index in [1.807, 2.05) is 61.7 Å². The quantitative estimate of drug-likeness (QED) is 0.456. The van der Waals surface area contributed by atoms with E-state index in [9.17, 15) is 8.42 Å². The highest BCUT2D eigenvalue weighted by Crippen LogP contribution is 2.24. The normalized spacial score (nSPS) is 12.2. The summed E-state index contributed by atoms with van der Waals surface area (Å²) in [6.45, 7) is 1.92. The molecular weight excluding hydrogens is 382 g/mol. The first kappa shape index (κ1) is 19.0. The molecule has 0 saturated heterocycles. The molecular formula is C23H21N3O2S. The Morgan fingerprint density at radius 1 is 0.862 bits per heavy atom. The van der Waals surface area contributed by atoms with Gasteiger partial charge in [0.1, 0.15) is 0 Å². The van der Waals surface area contributed by atoms with Crippen molar-refractivity contribution in [3.63, 3.8) is 0 Å². The van der Waals surface area contributed by atoms with E-state index in [4.69, 9.17) is 0 Å². The molecule has 0 spiro atoms. The Kier molecular flexibility index (Phi) is 5.18. The summed E-state index contributed by atoms with van der Waals surface area (Å²) in [6.07, 6.45) is 4.02. The third-order valence-corrected chi connectivity index (χ3v) is 6.02. The Morgan fingerprint density at radius 3 is 2.31 bits per heavy atom. The average molecular weight is 404 g/mol. The second kappa shape index (κ2) is 7.93. The zero-order valence-electron chi connectivity index (χ0n) is 16.0. The number of nitrogens with one attached hydrogen (secondary N) is 2. The SMILES string of the molecule is Cc1ccc(S(=O)(=O)/N=C(\Cc2ccccc2)c2[nH]ccc2-c2ccc[nH]2)cc1. The number of aryl methyl sites for hydroxylation is 1. The van der Waals surface area contributed by atoms with Crippen molar-refractivity contribution < 1.29 is 8.42 Å². The lowest BCUT2D eigenvalue weighted by Gasteiger charge is -2.09. The molecule has 2 aromatic heterocycles. The Bertz CT molecular complexity index is 1220. The summed E-state index contributed by atoms with van der Waals surface area (Å²) in [5.41, 5.74) is 4.91. The highest BCUT2D eigenvalue weighted by atomic mass is 32.2. The summed E-state index contributed by atoms with van der Waals surface area (Å²) >= 11 is 0. The number of rotatable bonds is 6. The van der Waals surface area contributed by atoms with Gasteiger partial charge >= 0.3 is 0 Å². The summed E-state index contributed by atoms with van der Waals surface area (Å²) in [6, 6.07) is 22.2. The largest absolute Gasteiger partial charge is 0.361 e. The fraction of sp³-hybridized carbons (Fsp3) is 0.0870. The summed E-state index contributed by atoms with van der Waals surface area (Å²) in [5.74, 6) is 0. The average Bonchev–Trinajstić information content (AvgIpc) is 3.40. The van der Waals surface area contributed by atoms with Gasteiger partial charge in [0, 0.05) is 30.1 Å². The van der Waals surface area contributed by atoms with Crippen LogP contribution in [0.25, 0.3) is 11.3 Å². The zero-order chi connectivity index (χ0) is 20.3. The highest BCUT2D eigenvalue weighted by molar-refractivity contribution is 7.90. The molecule has 2 N–H and O–H groups in total. The molecule has 0 aliphatic heterocycles. The maximum absolute atomic E-state index is 13.0. The lowest BCUT2D eigenvalue weighted by Crippen LogP contribution is -2.11. The lowest BCUT2D eigenvalue weighted by atomic mass is 10.0. The first-order valence-electron chi connectivity index (χ1n) is 9.29. The predicted octanol–water partition coefficient (Wildman–Crippen LogP) is 4.74. The molecule has 0 amide bonds. The number of benzene rings is 2. The molecule has 0 fully saturated rings. The second-order valence-corrected chi connectivity index (χ2v) is 8.44. The minimum absolute atomic E-state index is 0.182. The maximum atomic E-state index is 13.0. The van der Waals surface area contributed by atoms with Gasteiger partial charge < -0.3 is 9.97 Å². The summed E-state index contributed by atoms with van der Waals surface area (Å²) < 4.78 is 30.3. The van der Waals surface area contributed by atoms with Crippen molar-refractivity contribution in [1.29, 1.82) is 0 Å². The third-order valence-electron chi connectivity index (χ3n) is 4.69. The van der Waals surface area contributed by atoms with Gasteiger partial charge in [-0.1, -0.05) is 48.0 Å². The van der Waals surface area contributed by atoms with Crippen molar-refractivity contribution in [3.05, 3.63) is 102 Å². The van der Waals surface area contributed by atoms with Crippen molar-refractivity contribution in [2.45, 2.75) is 18.2 Å². The van der Waals surface area contributed by atoms with Crippen molar-refractivity contribution in [2.24, 2.45) is 4.40 Å². The standard InChI is InChI=1S/C23H21N3O2S/c1-17-9-11-19(12-10-17)29(27,28)26-22(16-18-6-3-2-4-7-18)23-20(13-15-25-23)21-8-5-14-24-21/h2-15,24-25H,16H2,1H3/b26-22+. The number of hydrogen-bond donors (Lipinski definition) is 2. The van der Waals surface area contributed by atoms with Gasteiger partial charge in [-0.2, -0.15) is 12.8 Å². The number of hydrogen-bond acceptors (Lipinski definition) is 2. The molecule has 0 radical (unpaired) electrons. The minimum Gasteiger partial charge on any atom is -0.361 e. The van der Waals surface area contributed by atoms with Gasteiger partial charge in [-0.25, -0.2) is 0 Å². The van der Waals surface area contributed by atoms with Gasteiger partial charge in [-0.05, 0) is 42.8 Å². The van der Waals surface area contributed by atoms with Crippen molar-refractivity contribution in [1.82, 2.24) is 9.97 Å². The van der Waals surface area contributed by atoms with Crippen LogP contribution in [0, 0.1) is 6.92 Å². The van der Waals surface area contributed by atoms with E-state index in [1.165, 1.54) is 0 Å². The molecule has 4 rings (SSSR count). The molecule has 29 heavy (non-hydrogen) atoms. The molecule has 0 atom stereocenters. The number of sulfonamides is 1. The second-order valence-electron chi connectivity index (χ2n) is 6.84. The molecule has 5 nitrogen and oxygen atoms in total. The summed E-state index contributed by atoms with van der Waals surface area (Å²) in [4.78, 5) is 6.54. The van der Waals surface area contributed by atoms with E-state index in [1.54, 1.807) is 30.5 Å². The highest BCUT2D eigenvalue weighted by Gasteiger charge is 2.19. The van der Waals surface area contributed by atoms with Gasteiger partial charge in [0.25, 0.3) is 10.0 Å². The van der Waals surface area contributed by atoms with E-state index in [2.05, 4.69) is 14.4 Å². The number of H-pyrrole nitrogens is 2. The fourth-order valence-corrected chi connectivity index (χ4v) is 4.23. The summed E-state index contributed by atoms with van der Waals surface area (Å²) in [7, 11) is -3.85. The van der Waals surface area contributed by atoms with Crippen LogP contribution in [-0.4, -0.2) is 24.1 Å². The Balaban J connectivity index is 1.82. The van der Waals surface area contributed by atoms with Crippen molar-refractivity contribution >= 4 is 15.7 Å². The van der Waals surface area contributed by atoms with Gasteiger partial charge in [-0.3, -0.25) is 0 Å². The predicted molar refractivity (Wildman–Crippen MR) is 116 cm³/mol. The molecule has 0 saturated carbocycles. The molecule has 0 aliphatic rings. The molecule has 4 aromatic rings. The topological polar surface area (TPSA) is 78.1 Å².